The van der Waals surface area contributed by atoms with Gasteiger partial charge in [0.2, 0.25) is 5.91 Å². The van der Waals surface area contributed by atoms with Crippen LogP contribution in [0.5, 0.6) is 0 Å². The molecule has 122 valence electrons. The predicted molar refractivity (Wildman–Crippen MR) is 83.4 cm³/mol. The zero-order valence-corrected chi connectivity index (χ0v) is 13.3. The smallest absolute Gasteiger partial charge is 0.224 e. The quantitative estimate of drug-likeness (QED) is 0.651. The molecule has 1 N–H and O–H groups in total. The average Bonchev–Trinajstić information content (AvgIpc) is 2.55. The number of allylic oxidation sites excluding steroid dienone is 2. The number of carbonyl (C=O) groups is 3. The molecule has 1 aliphatic rings. The minimum Gasteiger partial charge on any atom is -0.550 e. The number of rotatable bonds is 5. The summed E-state index contributed by atoms with van der Waals surface area (Å²) < 4.78 is 0. The molecule has 0 heterocycles. The van der Waals surface area contributed by atoms with Crippen LogP contribution in [0.2, 0.25) is 0 Å². The van der Waals surface area contributed by atoms with E-state index in [2.05, 4.69) is 5.32 Å². The molecule has 5 nitrogen and oxygen atoms in total. The zero-order valence-electron chi connectivity index (χ0n) is 13.3. The van der Waals surface area contributed by atoms with Gasteiger partial charge in [-0.05, 0) is 26.7 Å². The minimum atomic E-state index is -1.22. The Morgan fingerprint density at radius 1 is 1.04 bits per heavy atom. The van der Waals surface area contributed by atoms with Gasteiger partial charge in [0.05, 0.1) is 6.54 Å². The molecule has 0 spiro atoms. The highest BCUT2D eigenvalue weighted by atomic mass is 16.4. The van der Waals surface area contributed by atoms with E-state index >= 15 is 0 Å². The van der Waals surface area contributed by atoms with Crippen molar-refractivity contribution in [2.45, 2.75) is 26.7 Å². The molecule has 2 atom stereocenters. The van der Waals surface area contributed by atoms with Crippen LogP contribution in [0.1, 0.15) is 37.0 Å². The lowest BCUT2D eigenvalue weighted by atomic mass is 9.76. The fourth-order valence-corrected chi connectivity index (χ4v) is 2.84. The Kier molecular flexibility index (Phi) is 5.32. The number of aliphatic carboxylic acids is 1. The molecule has 1 aliphatic carbocycles. The number of hydrogen-bond donors (Lipinski definition) is 1. The molecule has 5 heteroatoms. The molecule has 1 amide bonds. The van der Waals surface area contributed by atoms with E-state index in [9.17, 15) is 19.5 Å². The van der Waals surface area contributed by atoms with Crippen LogP contribution in [0.3, 0.4) is 0 Å². The second-order valence-electron chi connectivity index (χ2n) is 6.01. The van der Waals surface area contributed by atoms with E-state index in [0.29, 0.717) is 18.4 Å². The van der Waals surface area contributed by atoms with Crippen LogP contribution in [0.25, 0.3) is 0 Å². The highest BCUT2D eigenvalue weighted by Gasteiger charge is 2.33. The molecule has 0 aliphatic heterocycles. The first-order valence-corrected chi connectivity index (χ1v) is 7.62. The van der Waals surface area contributed by atoms with Crippen LogP contribution in [0.4, 0.5) is 0 Å². The van der Waals surface area contributed by atoms with Gasteiger partial charge < -0.3 is 15.2 Å². The molecular weight excluding hydrogens is 294 g/mol. The number of carbonyl (C=O) groups excluding carboxylic acids is 3. The van der Waals surface area contributed by atoms with Gasteiger partial charge in [-0.1, -0.05) is 41.5 Å². The fourth-order valence-electron chi connectivity index (χ4n) is 2.84. The average molecular weight is 314 g/mol. The topological polar surface area (TPSA) is 86.3 Å². The van der Waals surface area contributed by atoms with Gasteiger partial charge in [-0.3, -0.25) is 9.59 Å². The second kappa shape index (κ2) is 7.22. The summed E-state index contributed by atoms with van der Waals surface area (Å²) in [4.78, 5) is 35.6. The molecule has 23 heavy (non-hydrogen) atoms. The number of amides is 1. The maximum Gasteiger partial charge on any atom is 0.224 e. The van der Waals surface area contributed by atoms with Crippen molar-refractivity contribution in [2.75, 3.05) is 6.54 Å². The standard InChI is InChI=1S/C18H21NO4/c1-11-8-14(15(18(22)23)9-12(11)2)17(21)19-10-16(20)13-6-4-3-5-7-13/h3-7,14-15H,8-10H2,1-2H3,(H,19,21)(H,22,23)/p-1/t14-,15-/m0/s1. The molecule has 0 aromatic heterocycles. The summed E-state index contributed by atoms with van der Waals surface area (Å²) in [5.41, 5.74) is 2.53. The first kappa shape index (κ1) is 16.9. The van der Waals surface area contributed by atoms with Gasteiger partial charge in [0.1, 0.15) is 0 Å². The number of carboxylic acid groups (broad SMARTS) is 1. The van der Waals surface area contributed by atoms with Crippen LogP contribution in [0.15, 0.2) is 41.5 Å². The molecule has 0 fully saturated rings. The summed E-state index contributed by atoms with van der Waals surface area (Å²) in [7, 11) is 0. The molecule has 1 aromatic carbocycles. The normalized spacial score (nSPS) is 21.0. The minimum absolute atomic E-state index is 0.138. The summed E-state index contributed by atoms with van der Waals surface area (Å²) in [5.74, 6) is -3.36. The Morgan fingerprint density at radius 3 is 2.17 bits per heavy atom. The lowest BCUT2D eigenvalue weighted by Gasteiger charge is -2.32. The predicted octanol–water partition coefficient (Wildman–Crippen LogP) is 1.10. The van der Waals surface area contributed by atoms with E-state index in [-0.39, 0.29) is 12.3 Å². The van der Waals surface area contributed by atoms with Crippen molar-refractivity contribution in [1.82, 2.24) is 5.32 Å². The van der Waals surface area contributed by atoms with Crippen LogP contribution < -0.4 is 10.4 Å². The molecule has 1 aromatic rings. The van der Waals surface area contributed by atoms with Crippen molar-refractivity contribution in [1.29, 1.82) is 0 Å². The Labute approximate surface area is 135 Å². The van der Waals surface area contributed by atoms with Gasteiger partial charge in [0, 0.05) is 23.4 Å². The Bertz CT molecular complexity index is 648. The van der Waals surface area contributed by atoms with Crippen LogP contribution >= 0.6 is 0 Å². The SMILES string of the molecule is CC1=C(C)C[C@H](C(=O)NCC(=O)c2ccccc2)[C@@H](C(=O)[O-])C1. The van der Waals surface area contributed by atoms with Gasteiger partial charge >= 0.3 is 0 Å². The highest BCUT2D eigenvalue weighted by Crippen LogP contribution is 2.33. The second-order valence-corrected chi connectivity index (χ2v) is 6.01. The molecular formula is C18H20NO4-. The Hall–Kier alpha value is -2.43. The highest BCUT2D eigenvalue weighted by molar-refractivity contribution is 5.99. The third-order valence-corrected chi connectivity index (χ3v) is 4.42. The van der Waals surface area contributed by atoms with E-state index in [4.69, 9.17) is 0 Å². The van der Waals surface area contributed by atoms with Crippen molar-refractivity contribution in [3.05, 3.63) is 47.0 Å². The molecule has 0 bridgehead atoms. The number of carboxylic acids is 1. The molecule has 0 saturated heterocycles. The van der Waals surface area contributed by atoms with Crippen LogP contribution in [-0.4, -0.2) is 24.2 Å². The number of Topliss-reactive ketones (excluding diaryl/α,β-unsaturated/α-hetero) is 1. The van der Waals surface area contributed by atoms with Crippen molar-refractivity contribution in [3.8, 4) is 0 Å². The van der Waals surface area contributed by atoms with E-state index < -0.39 is 23.7 Å². The first-order valence-electron chi connectivity index (χ1n) is 7.62. The van der Waals surface area contributed by atoms with Crippen molar-refractivity contribution < 1.29 is 19.5 Å². The van der Waals surface area contributed by atoms with Gasteiger partial charge in [-0.25, -0.2) is 0 Å². The van der Waals surface area contributed by atoms with E-state index in [1.54, 1.807) is 30.3 Å². The first-order chi connectivity index (χ1) is 10.9. The summed E-state index contributed by atoms with van der Waals surface area (Å²) in [6.07, 6.45) is 0.703. The summed E-state index contributed by atoms with van der Waals surface area (Å²) in [6, 6.07) is 8.66. The van der Waals surface area contributed by atoms with Crippen LogP contribution in [-0.2, 0) is 9.59 Å². The lowest BCUT2D eigenvalue weighted by Crippen LogP contribution is -2.45. The molecule has 0 saturated carbocycles. The fraction of sp³-hybridized carbons (Fsp3) is 0.389. The molecule has 2 rings (SSSR count). The zero-order chi connectivity index (χ0) is 17.0. The summed E-state index contributed by atoms with van der Waals surface area (Å²) in [6.45, 7) is 3.63. The number of benzene rings is 1. The number of nitrogens with one attached hydrogen (secondary N) is 1. The Morgan fingerprint density at radius 2 is 1.61 bits per heavy atom. The third kappa shape index (κ3) is 4.06. The Balaban J connectivity index is 2.02. The maximum atomic E-state index is 12.3. The van der Waals surface area contributed by atoms with E-state index in [0.717, 1.165) is 11.1 Å². The summed E-state index contributed by atoms with van der Waals surface area (Å²) in [5, 5.41) is 13.9. The maximum absolute atomic E-state index is 12.3. The monoisotopic (exact) mass is 314 g/mol. The van der Waals surface area contributed by atoms with Crippen molar-refractivity contribution in [2.24, 2.45) is 11.8 Å². The van der Waals surface area contributed by atoms with Crippen molar-refractivity contribution in [3.63, 3.8) is 0 Å². The van der Waals surface area contributed by atoms with Crippen LogP contribution in [0, 0.1) is 11.8 Å². The van der Waals surface area contributed by atoms with Gasteiger partial charge in [0.15, 0.2) is 5.78 Å². The van der Waals surface area contributed by atoms with Crippen molar-refractivity contribution >= 4 is 17.7 Å². The lowest BCUT2D eigenvalue weighted by molar-refractivity contribution is -0.313. The van der Waals surface area contributed by atoms with E-state index in [1.165, 1.54) is 0 Å². The third-order valence-electron chi connectivity index (χ3n) is 4.42. The molecule has 0 radical (unpaired) electrons. The van der Waals surface area contributed by atoms with E-state index in [1.807, 2.05) is 13.8 Å². The number of ketones is 1. The largest absolute Gasteiger partial charge is 0.550 e. The summed E-state index contributed by atoms with van der Waals surface area (Å²) >= 11 is 0. The van der Waals surface area contributed by atoms with Gasteiger partial charge in [-0.2, -0.15) is 0 Å². The number of hydrogen-bond acceptors (Lipinski definition) is 4. The molecule has 0 unspecified atom stereocenters. The van der Waals surface area contributed by atoms with Gasteiger partial charge in [0.25, 0.3) is 0 Å². The van der Waals surface area contributed by atoms with Gasteiger partial charge in [-0.15, -0.1) is 0 Å².